The van der Waals surface area contributed by atoms with Crippen molar-refractivity contribution >= 4 is 10.0 Å². The predicted octanol–water partition coefficient (Wildman–Crippen LogP) is 1.61. The van der Waals surface area contributed by atoms with E-state index in [9.17, 15) is 13.5 Å². The highest BCUT2D eigenvalue weighted by Crippen LogP contribution is 2.15. The molecule has 1 aromatic carbocycles. The van der Waals surface area contributed by atoms with Crippen LogP contribution in [-0.2, 0) is 23.5 Å². The van der Waals surface area contributed by atoms with Crippen LogP contribution in [-0.4, -0.2) is 30.4 Å². The molecule has 5 nitrogen and oxygen atoms in total. The van der Waals surface area contributed by atoms with Gasteiger partial charge in [-0.15, -0.1) is 0 Å². The zero-order valence-electron chi connectivity index (χ0n) is 12.6. The fourth-order valence-corrected chi connectivity index (χ4v) is 3.37. The maximum Gasteiger partial charge on any atom is 0.211 e. The van der Waals surface area contributed by atoms with Crippen molar-refractivity contribution in [2.75, 3.05) is 12.3 Å². The van der Waals surface area contributed by atoms with Crippen molar-refractivity contribution < 1.29 is 13.5 Å². The number of aromatic nitrogens is 1. The summed E-state index contributed by atoms with van der Waals surface area (Å²) in [5, 5.41) is 10.0. The molecular formula is C16H22N2O3S. The summed E-state index contributed by atoms with van der Waals surface area (Å²) in [5.74, 6) is 0.0528. The van der Waals surface area contributed by atoms with Gasteiger partial charge in [0.1, 0.15) is 0 Å². The smallest absolute Gasteiger partial charge is 0.211 e. The molecule has 120 valence electrons. The van der Waals surface area contributed by atoms with E-state index in [1.165, 1.54) is 0 Å². The molecule has 0 spiro atoms. The third-order valence-corrected chi connectivity index (χ3v) is 4.95. The first-order chi connectivity index (χ1) is 10.5. The molecule has 0 aliphatic heterocycles. The fourth-order valence-electron chi connectivity index (χ4n) is 2.29. The SMILES string of the molecule is Cn1cccc1[C@@H](O)CCNS(=O)(=O)CCc1ccccc1. The number of aryl methyl sites for hydroxylation is 2. The van der Waals surface area contributed by atoms with E-state index in [1.54, 1.807) is 0 Å². The number of hydrogen-bond acceptors (Lipinski definition) is 3. The summed E-state index contributed by atoms with van der Waals surface area (Å²) in [4.78, 5) is 0. The summed E-state index contributed by atoms with van der Waals surface area (Å²) < 4.78 is 28.3. The van der Waals surface area contributed by atoms with Crippen LogP contribution in [0.25, 0.3) is 0 Å². The number of hydrogen-bond donors (Lipinski definition) is 2. The molecule has 0 fully saturated rings. The number of sulfonamides is 1. The van der Waals surface area contributed by atoms with E-state index in [2.05, 4.69) is 4.72 Å². The Kier molecular flexibility index (Phi) is 5.76. The lowest BCUT2D eigenvalue weighted by Crippen LogP contribution is -2.29. The summed E-state index contributed by atoms with van der Waals surface area (Å²) in [6, 6.07) is 13.2. The average molecular weight is 322 g/mol. The zero-order chi connectivity index (χ0) is 16.0. The van der Waals surface area contributed by atoms with Crippen molar-refractivity contribution in [1.29, 1.82) is 0 Å². The van der Waals surface area contributed by atoms with Gasteiger partial charge in [0.25, 0.3) is 0 Å². The maximum absolute atomic E-state index is 11.9. The Labute approximate surface area is 131 Å². The Balaban J connectivity index is 1.77. The second-order valence-electron chi connectivity index (χ2n) is 5.30. The lowest BCUT2D eigenvalue weighted by atomic mass is 10.2. The minimum atomic E-state index is -3.32. The lowest BCUT2D eigenvalue weighted by molar-refractivity contribution is 0.161. The molecule has 0 amide bonds. The first-order valence-corrected chi connectivity index (χ1v) is 8.94. The topological polar surface area (TPSA) is 71.3 Å². The molecule has 2 rings (SSSR count). The van der Waals surface area contributed by atoms with E-state index in [0.717, 1.165) is 11.3 Å². The highest BCUT2D eigenvalue weighted by molar-refractivity contribution is 7.89. The lowest BCUT2D eigenvalue weighted by Gasteiger charge is -2.12. The Morgan fingerprint density at radius 2 is 1.91 bits per heavy atom. The van der Waals surface area contributed by atoms with E-state index >= 15 is 0 Å². The van der Waals surface area contributed by atoms with Crippen LogP contribution in [0.5, 0.6) is 0 Å². The van der Waals surface area contributed by atoms with Gasteiger partial charge in [0.05, 0.1) is 11.9 Å². The quantitative estimate of drug-likeness (QED) is 0.776. The van der Waals surface area contributed by atoms with Gasteiger partial charge in [-0.2, -0.15) is 0 Å². The van der Waals surface area contributed by atoms with Crippen molar-refractivity contribution in [3.8, 4) is 0 Å². The molecule has 0 aliphatic carbocycles. The Morgan fingerprint density at radius 1 is 1.18 bits per heavy atom. The number of aliphatic hydroxyl groups excluding tert-OH is 1. The Morgan fingerprint density at radius 3 is 2.55 bits per heavy atom. The number of aliphatic hydroxyl groups is 1. The van der Waals surface area contributed by atoms with Crippen molar-refractivity contribution in [2.45, 2.75) is 18.9 Å². The van der Waals surface area contributed by atoms with Crippen LogP contribution in [0.15, 0.2) is 48.7 Å². The summed E-state index contributed by atoms with van der Waals surface area (Å²) in [5.41, 5.74) is 1.78. The van der Waals surface area contributed by atoms with E-state index in [4.69, 9.17) is 0 Å². The normalized spacial score (nSPS) is 13.2. The van der Waals surface area contributed by atoms with Gasteiger partial charge >= 0.3 is 0 Å². The van der Waals surface area contributed by atoms with Gasteiger partial charge in [-0.25, -0.2) is 13.1 Å². The maximum atomic E-state index is 11.9. The molecule has 1 heterocycles. The summed E-state index contributed by atoms with van der Waals surface area (Å²) >= 11 is 0. The van der Waals surface area contributed by atoms with E-state index in [0.29, 0.717) is 12.8 Å². The fraction of sp³-hybridized carbons (Fsp3) is 0.375. The number of nitrogens with one attached hydrogen (secondary N) is 1. The number of nitrogens with zero attached hydrogens (tertiary/aromatic N) is 1. The molecule has 0 saturated heterocycles. The molecule has 0 saturated carbocycles. The van der Waals surface area contributed by atoms with Gasteiger partial charge in [0.15, 0.2) is 0 Å². The number of rotatable bonds is 8. The average Bonchev–Trinajstić information content (AvgIpc) is 2.92. The molecule has 2 N–H and O–H groups in total. The summed E-state index contributed by atoms with van der Waals surface area (Å²) in [7, 11) is -1.47. The van der Waals surface area contributed by atoms with E-state index < -0.39 is 16.1 Å². The monoisotopic (exact) mass is 322 g/mol. The van der Waals surface area contributed by atoms with Crippen molar-refractivity contribution in [2.24, 2.45) is 7.05 Å². The minimum Gasteiger partial charge on any atom is -0.387 e. The highest BCUT2D eigenvalue weighted by Gasteiger charge is 2.14. The van der Waals surface area contributed by atoms with Crippen molar-refractivity contribution in [3.05, 3.63) is 59.9 Å². The standard InChI is InChI=1S/C16H22N2O3S/c1-18-12-5-8-15(18)16(19)9-11-17-22(20,21)13-10-14-6-3-2-4-7-14/h2-8,12,16-17,19H,9-11,13H2,1H3/t16-/m0/s1. The molecule has 22 heavy (non-hydrogen) atoms. The highest BCUT2D eigenvalue weighted by atomic mass is 32.2. The van der Waals surface area contributed by atoms with Gasteiger partial charge < -0.3 is 9.67 Å². The second kappa shape index (κ2) is 7.58. The van der Waals surface area contributed by atoms with Crippen LogP contribution in [0.2, 0.25) is 0 Å². The largest absolute Gasteiger partial charge is 0.387 e. The van der Waals surface area contributed by atoms with Gasteiger partial charge in [0, 0.05) is 25.5 Å². The van der Waals surface area contributed by atoms with Crippen molar-refractivity contribution in [3.63, 3.8) is 0 Å². The third kappa shape index (κ3) is 4.98. The number of benzene rings is 1. The molecule has 0 radical (unpaired) electrons. The Bertz CT molecular complexity index is 680. The molecule has 0 unspecified atom stereocenters. The third-order valence-electron chi connectivity index (χ3n) is 3.57. The van der Waals surface area contributed by atoms with Crippen LogP contribution in [0, 0.1) is 0 Å². The van der Waals surface area contributed by atoms with Crippen LogP contribution in [0.3, 0.4) is 0 Å². The van der Waals surface area contributed by atoms with Gasteiger partial charge in [-0.1, -0.05) is 30.3 Å². The van der Waals surface area contributed by atoms with E-state index in [1.807, 2.05) is 60.3 Å². The predicted molar refractivity (Wildman–Crippen MR) is 86.9 cm³/mol. The van der Waals surface area contributed by atoms with Gasteiger partial charge in [-0.3, -0.25) is 0 Å². The molecule has 1 atom stereocenters. The minimum absolute atomic E-state index is 0.0528. The van der Waals surface area contributed by atoms with Crippen LogP contribution < -0.4 is 4.72 Å². The first-order valence-electron chi connectivity index (χ1n) is 7.28. The van der Waals surface area contributed by atoms with Crippen LogP contribution in [0.4, 0.5) is 0 Å². The van der Waals surface area contributed by atoms with E-state index in [-0.39, 0.29) is 12.3 Å². The van der Waals surface area contributed by atoms with Gasteiger partial charge in [-0.05, 0) is 30.5 Å². The van der Waals surface area contributed by atoms with Crippen molar-refractivity contribution in [1.82, 2.24) is 9.29 Å². The molecule has 1 aromatic heterocycles. The summed E-state index contributed by atoms with van der Waals surface area (Å²) in [6.45, 7) is 0.226. The molecule has 6 heteroatoms. The Hall–Kier alpha value is -1.63. The molecule has 0 aliphatic rings. The van der Waals surface area contributed by atoms with Gasteiger partial charge in [0.2, 0.25) is 10.0 Å². The first kappa shape index (κ1) is 16.7. The molecular weight excluding hydrogens is 300 g/mol. The summed E-state index contributed by atoms with van der Waals surface area (Å²) in [6.07, 6.45) is 2.01. The zero-order valence-corrected chi connectivity index (χ0v) is 13.5. The second-order valence-corrected chi connectivity index (χ2v) is 7.22. The van der Waals surface area contributed by atoms with Crippen LogP contribution >= 0.6 is 0 Å². The molecule has 0 bridgehead atoms. The van der Waals surface area contributed by atoms with Crippen LogP contribution in [0.1, 0.15) is 23.8 Å². The molecule has 2 aromatic rings.